The highest BCUT2D eigenvalue weighted by molar-refractivity contribution is 9.10. The molecule has 2 aromatic rings. The molecule has 0 saturated heterocycles. The Labute approximate surface area is 113 Å². The predicted molar refractivity (Wildman–Crippen MR) is 73.3 cm³/mol. The Morgan fingerprint density at radius 1 is 1.53 bits per heavy atom. The number of nitrogens with zero attached hydrogens (tertiary/aromatic N) is 1. The molecule has 0 bridgehead atoms. The summed E-state index contributed by atoms with van der Waals surface area (Å²) in [5.74, 6) is 0.898. The summed E-state index contributed by atoms with van der Waals surface area (Å²) in [6, 6.07) is 2.48. The van der Waals surface area contributed by atoms with Gasteiger partial charge in [-0.15, -0.1) is 11.3 Å². The predicted octanol–water partition coefficient (Wildman–Crippen LogP) is 3.97. The van der Waals surface area contributed by atoms with E-state index >= 15 is 0 Å². The zero-order valence-electron chi connectivity index (χ0n) is 10.1. The Kier molecular flexibility index (Phi) is 4.01. The highest BCUT2D eigenvalue weighted by atomic mass is 79.9. The Morgan fingerprint density at radius 3 is 2.82 bits per heavy atom. The molecular formula is C12H15BrN2OS. The summed E-state index contributed by atoms with van der Waals surface area (Å²) in [5.41, 5.74) is 2.13. The lowest BCUT2D eigenvalue weighted by Crippen LogP contribution is -2.17. The molecule has 0 amide bonds. The van der Waals surface area contributed by atoms with Crippen LogP contribution in [0.1, 0.15) is 34.9 Å². The van der Waals surface area contributed by atoms with Crippen molar-refractivity contribution in [2.45, 2.75) is 33.4 Å². The van der Waals surface area contributed by atoms with Gasteiger partial charge in [-0.05, 0) is 42.8 Å². The number of rotatable bonds is 4. The number of hydrogen-bond acceptors (Lipinski definition) is 4. The number of thiophene rings is 1. The summed E-state index contributed by atoms with van der Waals surface area (Å²) in [7, 11) is 0. The Hall–Kier alpha value is -0.650. The molecule has 5 heteroatoms. The van der Waals surface area contributed by atoms with E-state index in [9.17, 15) is 0 Å². The van der Waals surface area contributed by atoms with E-state index in [1.807, 2.05) is 13.8 Å². The van der Waals surface area contributed by atoms with Crippen molar-refractivity contribution in [3.8, 4) is 0 Å². The molecule has 0 spiro atoms. The van der Waals surface area contributed by atoms with Crippen molar-refractivity contribution in [1.82, 2.24) is 10.5 Å². The number of halogens is 1. The molecule has 0 aromatic carbocycles. The first-order valence-electron chi connectivity index (χ1n) is 5.47. The van der Waals surface area contributed by atoms with Crippen LogP contribution in [0.2, 0.25) is 0 Å². The lowest BCUT2D eigenvalue weighted by atomic mass is 10.2. The van der Waals surface area contributed by atoms with Crippen LogP contribution in [-0.4, -0.2) is 5.16 Å². The number of aryl methyl sites for hydroxylation is 2. The fourth-order valence-corrected chi connectivity index (χ4v) is 3.14. The molecule has 2 rings (SSSR count). The van der Waals surface area contributed by atoms with Gasteiger partial charge in [-0.1, -0.05) is 5.16 Å². The second kappa shape index (κ2) is 5.33. The van der Waals surface area contributed by atoms with Crippen molar-refractivity contribution in [3.05, 3.63) is 37.8 Å². The molecule has 17 heavy (non-hydrogen) atoms. The zero-order chi connectivity index (χ0) is 12.4. The Balaban J connectivity index is 1.99. The van der Waals surface area contributed by atoms with Crippen LogP contribution in [0.15, 0.2) is 20.4 Å². The largest absolute Gasteiger partial charge is 0.361 e. The molecule has 2 heterocycles. The van der Waals surface area contributed by atoms with Crippen LogP contribution < -0.4 is 5.32 Å². The second-order valence-electron chi connectivity index (χ2n) is 4.07. The summed E-state index contributed by atoms with van der Waals surface area (Å²) < 4.78 is 6.28. The fraction of sp³-hybridized carbons (Fsp3) is 0.417. The van der Waals surface area contributed by atoms with E-state index in [1.165, 1.54) is 4.88 Å². The maximum absolute atomic E-state index is 5.14. The van der Waals surface area contributed by atoms with Gasteiger partial charge in [0.1, 0.15) is 5.76 Å². The van der Waals surface area contributed by atoms with Gasteiger partial charge >= 0.3 is 0 Å². The van der Waals surface area contributed by atoms with Crippen LogP contribution in [0.3, 0.4) is 0 Å². The van der Waals surface area contributed by atoms with Gasteiger partial charge in [0.25, 0.3) is 0 Å². The maximum Gasteiger partial charge on any atom is 0.138 e. The third-order valence-electron chi connectivity index (χ3n) is 2.78. The summed E-state index contributed by atoms with van der Waals surface area (Å²) in [5, 5.41) is 9.54. The van der Waals surface area contributed by atoms with E-state index in [0.717, 1.165) is 28.0 Å². The maximum atomic E-state index is 5.14. The lowest BCUT2D eigenvalue weighted by Gasteiger charge is -2.11. The van der Waals surface area contributed by atoms with Crippen LogP contribution >= 0.6 is 27.3 Å². The third kappa shape index (κ3) is 2.97. The summed E-state index contributed by atoms with van der Waals surface area (Å²) >= 11 is 5.23. The van der Waals surface area contributed by atoms with E-state index in [-0.39, 0.29) is 0 Å². The Morgan fingerprint density at radius 2 is 2.29 bits per heavy atom. The van der Waals surface area contributed by atoms with Crippen molar-refractivity contribution >= 4 is 27.3 Å². The molecule has 0 fully saturated rings. The van der Waals surface area contributed by atoms with Gasteiger partial charge in [-0.25, -0.2) is 0 Å². The average molecular weight is 315 g/mol. The normalized spacial score (nSPS) is 12.9. The first kappa shape index (κ1) is 12.8. The van der Waals surface area contributed by atoms with Crippen LogP contribution in [0.4, 0.5) is 0 Å². The number of aromatic nitrogens is 1. The van der Waals surface area contributed by atoms with Crippen LogP contribution in [-0.2, 0) is 6.54 Å². The van der Waals surface area contributed by atoms with Crippen LogP contribution in [0.5, 0.6) is 0 Å². The third-order valence-corrected chi connectivity index (χ3v) is 4.66. The molecular weight excluding hydrogens is 300 g/mol. The van der Waals surface area contributed by atoms with Crippen LogP contribution in [0.25, 0.3) is 0 Å². The highest BCUT2D eigenvalue weighted by Gasteiger charge is 2.12. The monoisotopic (exact) mass is 314 g/mol. The molecule has 0 saturated carbocycles. The first-order chi connectivity index (χ1) is 8.08. The SMILES string of the molecule is Cc1noc(C)c1CNC(C)c1cc(Br)cs1. The number of hydrogen-bond donors (Lipinski definition) is 1. The molecule has 92 valence electrons. The lowest BCUT2D eigenvalue weighted by molar-refractivity contribution is 0.391. The average Bonchev–Trinajstić information content (AvgIpc) is 2.84. The van der Waals surface area contributed by atoms with Gasteiger partial charge in [0, 0.05) is 32.9 Å². The van der Waals surface area contributed by atoms with Crippen molar-refractivity contribution in [1.29, 1.82) is 0 Å². The van der Waals surface area contributed by atoms with Crippen molar-refractivity contribution < 1.29 is 4.52 Å². The van der Waals surface area contributed by atoms with Crippen molar-refractivity contribution in [3.63, 3.8) is 0 Å². The van der Waals surface area contributed by atoms with E-state index in [1.54, 1.807) is 11.3 Å². The standard InChI is InChI=1S/C12H15BrN2OS/c1-7-11(9(3)16-15-7)5-14-8(2)12-4-10(13)6-17-12/h4,6,8,14H,5H2,1-3H3. The van der Waals surface area contributed by atoms with Gasteiger partial charge < -0.3 is 9.84 Å². The first-order valence-corrected chi connectivity index (χ1v) is 7.14. The van der Waals surface area contributed by atoms with E-state index in [0.29, 0.717) is 6.04 Å². The zero-order valence-corrected chi connectivity index (χ0v) is 12.5. The van der Waals surface area contributed by atoms with E-state index in [2.05, 4.69) is 44.8 Å². The summed E-state index contributed by atoms with van der Waals surface area (Å²) in [6.45, 7) is 6.87. The van der Waals surface area contributed by atoms with Gasteiger partial charge in [0.2, 0.25) is 0 Å². The van der Waals surface area contributed by atoms with Crippen molar-refractivity contribution in [2.24, 2.45) is 0 Å². The summed E-state index contributed by atoms with van der Waals surface area (Å²) in [6.07, 6.45) is 0. The minimum atomic E-state index is 0.333. The molecule has 0 radical (unpaired) electrons. The second-order valence-corrected chi connectivity index (χ2v) is 5.93. The molecule has 3 nitrogen and oxygen atoms in total. The molecule has 1 unspecified atom stereocenters. The van der Waals surface area contributed by atoms with Crippen LogP contribution in [0, 0.1) is 13.8 Å². The van der Waals surface area contributed by atoms with E-state index < -0.39 is 0 Å². The Bertz CT molecular complexity index is 487. The fourth-order valence-electron chi connectivity index (χ4n) is 1.67. The summed E-state index contributed by atoms with van der Waals surface area (Å²) in [4.78, 5) is 1.32. The molecule has 0 aliphatic carbocycles. The van der Waals surface area contributed by atoms with Gasteiger partial charge in [-0.2, -0.15) is 0 Å². The highest BCUT2D eigenvalue weighted by Crippen LogP contribution is 2.25. The van der Waals surface area contributed by atoms with Gasteiger partial charge in [0.15, 0.2) is 0 Å². The molecule has 0 aliphatic rings. The van der Waals surface area contributed by atoms with E-state index in [4.69, 9.17) is 4.52 Å². The quantitative estimate of drug-likeness (QED) is 0.928. The topological polar surface area (TPSA) is 38.1 Å². The van der Waals surface area contributed by atoms with Crippen molar-refractivity contribution in [2.75, 3.05) is 0 Å². The molecule has 1 N–H and O–H groups in total. The molecule has 1 atom stereocenters. The molecule has 2 aromatic heterocycles. The van der Waals surface area contributed by atoms with Gasteiger partial charge in [0.05, 0.1) is 5.69 Å². The molecule has 0 aliphatic heterocycles. The number of nitrogens with one attached hydrogen (secondary N) is 1. The minimum absolute atomic E-state index is 0.333. The smallest absolute Gasteiger partial charge is 0.138 e. The minimum Gasteiger partial charge on any atom is -0.361 e. The van der Waals surface area contributed by atoms with Gasteiger partial charge in [-0.3, -0.25) is 0 Å².